The quantitative estimate of drug-likeness (QED) is 0.343. The topological polar surface area (TPSA) is 157 Å². The van der Waals surface area contributed by atoms with Crippen molar-refractivity contribution < 1.29 is 14.1 Å². The molecule has 1 aliphatic carbocycles. The van der Waals surface area contributed by atoms with Crippen molar-refractivity contribution in [3.05, 3.63) is 64.3 Å². The van der Waals surface area contributed by atoms with Gasteiger partial charge < -0.3 is 15.6 Å². The molecule has 4 aromatic rings. The second-order valence-corrected chi connectivity index (χ2v) is 8.55. The molecule has 2 aromatic heterocycles. The third kappa shape index (κ3) is 4.56. The lowest BCUT2D eigenvalue weighted by Crippen LogP contribution is -2.24. The molecule has 176 valence electrons. The Bertz CT molecular complexity index is 1520. The standard InChI is InChI=1S/C25H22N6O4/c26-13-14-9-10-18(17(11-14)22-30-25(34)35-31-22)28-24(33)20-12-16-7-4-8-19(21(16)27-20)29-23(32)15-5-2-1-3-6-15/h4,7-12,15,27H,1-3,5-6H2,(H,28,33)(H,29,32)(H,30,31,34). The van der Waals surface area contributed by atoms with E-state index in [1.165, 1.54) is 12.5 Å². The average molecular weight is 470 g/mol. The lowest BCUT2D eigenvalue weighted by Gasteiger charge is -2.20. The second kappa shape index (κ2) is 9.30. The molecule has 0 saturated heterocycles. The fourth-order valence-electron chi connectivity index (χ4n) is 4.44. The van der Waals surface area contributed by atoms with Gasteiger partial charge in [-0.15, -0.1) is 0 Å². The maximum Gasteiger partial charge on any atom is 0.439 e. The van der Waals surface area contributed by atoms with Crippen LogP contribution in [0.25, 0.3) is 22.3 Å². The summed E-state index contributed by atoms with van der Waals surface area (Å²) in [6.07, 6.45) is 5.08. The molecule has 35 heavy (non-hydrogen) atoms. The number of fused-ring (bicyclic) bond motifs is 1. The molecule has 0 aliphatic heterocycles. The molecule has 1 fully saturated rings. The van der Waals surface area contributed by atoms with Crippen molar-refractivity contribution in [2.45, 2.75) is 32.1 Å². The Hall–Kier alpha value is -4.65. The zero-order valence-corrected chi connectivity index (χ0v) is 18.7. The maximum atomic E-state index is 13.1. The van der Waals surface area contributed by atoms with E-state index in [1.807, 2.05) is 18.2 Å². The molecule has 2 aromatic carbocycles. The van der Waals surface area contributed by atoms with Crippen LogP contribution in [0.3, 0.4) is 0 Å². The summed E-state index contributed by atoms with van der Waals surface area (Å²) in [5.74, 6) is -1.09. The number of nitrogens with one attached hydrogen (secondary N) is 4. The highest BCUT2D eigenvalue weighted by atomic mass is 16.5. The van der Waals surface area contributed by atoms with Crippen molar-refractivity contribution in [3.63, 3.8) is 0 Å². The summed E-state index contributed by atoms with van der Waals surface area (Å²) in [6.45, 7) is 0. The number of nitrogens with zero attached hydrogens (tertiary/aromatic N) is 2. The number of hydrogen-bond acceptors (Lipinski definition) is 6. The van der Waals surface area contributed by atoms with Crippen LogP contribution in [-0.4, -0.2) is 26.9 Å². The molecule has 0 radical (unpaired) electrons. The van der Waals surface area contributed by atoms with E-state index >= 15 is 0 Å². The zero-order valence-electron chi connectivity index (χ0n) is 18.7. The minimum atomic E-state index is -0.752. The Morgan fingerprint density at radius 2 is 1.86 bits per heavy atom. The van der Waals surface area contributed by atoms with Gasteiger partial charge in [0.15, 0.2) is 5.82 Å². The van der Waals surface area contributed by atoms with Crippen molar-refractivity contribution in [1.29, 1.82) is 5.26 Å². The fraction of sp³-hybridized carbons (Fsp3) is 0.240. The van der Waals surface area contributed by atoms with Crippen LogP contribution >= 0.6 is 0 Å². The number of amides is 2. The van der Waals surface area contributed by atoms with Gasteiger partial charge in [-0.05, 0) is 43.2 Å². The van der Waals surface area contributed by atoms with E-state index in [1.54, 1.807) is 24.3 Å². The fourth-order valence-corrected chi connectivity index (χ4v) is 4.44. The normalized spacial score (nSPS) is 13.9. The number of aromatic nitrogens is 3. The predicted molar refractivity (Wildman–Crippen MR) is 129 cm³/mol. The number of benzene rings is 2. The summed E-state index contributed by atoms with van der Waals surface area (Å²) >= 11 is 0. The summed E-state index contributed by atoms with van der Waals surface area (Å²) in [4.78, 5) is 42.8. The molecule has 2 heterocycles. The number of anilines is 2. The van der Waals surface area contributed by atoms with Gasteiger partial charge in [0, 0.05) is 16.9 Å². The number of rotatable bonds is 5. The van der Waals surface area contributed by atoms with Gasteiger partial charge in [-0.1, -0.05) is 36.6 Å². The van der Waals surface area contributed by atoms with Crippen LogP contribution in [0.5, 0.6) is 0 Å². The first-order valence-electron chi connectivity index (χ1n) is 11.4. The molecule has 10 nitrogen and oxygen atoms in total. The Morgan fingerprint density at radius 1 is 1.03 bits per heavy atom. The molecule has 4 N–H and O–H groups in total. The number of para-hydroxylation sites is 1. The Morgan fingerprint density at radius 3 is 2.60 bits per heavy atom. The zero-order chi connectivity index (χ0) is 24.4. The first-order valence-corrected chi connectivity index (χ1v) is 11.4. The van der Waals surface area contributed by atoms with E-state index in [0.29, 0.717) is 28.0 Å². The number of nitriles is 1. The molecule has 0 atom stereocenters. The largest absolute Gasteiger partial charge is 0.439 e. The summed E-state index contributed by atoms with van der Waals surface area (Å²) in [7, 11) is 0. The maximum absolute atomic E-state index is 13.1. The van der Waals surface area contributed by atoms with Crippen LogP contribution in [0.1, 0.15) is 48.2 Å². The molecule has 0 bridgehead atoms. The summed E-state index contributed by atoms with van der Waals surface area (Å²) in [6, 6.07) is 13.8. The van der Waals surface area contributed by atoms with Gasteiger partial charge >= 0.3 is 5.76 Å². The van der Waals surface area contributed by atoms with Gasteiger partial charge in [-0.2, -0.15) is 5.26 Å². The third-order valence-electron chi connectivity index (χ3n) is 6.23. The highest BCUT2D eigenvalue weighted by Gasteiger charge is 2.22. The molecular weight excluding hydrogens is 448 g/mol. The molecule has 0 spiro atoms. The van der Waals surface area contributed by atoms with E-state index < -0.39 is 11.7 Å². The van der Waals surface area contributed by atoms with E-state index in [2.05, 4.69) is 30.3 Å². The van der Waals surface area contributed by atoms with E-state index in [-0.39, 0.29) is 23.3 Å². The van der Waals surface area contributed by atoms with Crippen LogP contribution in [0.4, 0.5) is 11.4 Å². The minimum Gasteiger partial charge on any atom is -0.349 e. The molecule has 1 aliphatic rings. The number of carbonyl (C=O) groups is 2. The highest BCUT2D eigenvalue weighted by Crippen LogP contribution is 2.30. The van der Waals surface area contributed by atoms with Crippen LogP contribution in [-0.2, 0) is 4.79 Å². The van der Waals surface area contributed by atoms with Gasteiger partial charge in [0.2, 0.25) is 5.91 Å². The van der Waals surface area contributed by atoms with Crippen molar-refractivity contribution in [2.75, 3.05) is 10.6 Å². The Kier molecular flexibility index (Phi) is 5.89. The molecule has 1 saturated carbocycles. The number of hydrogen-bond donors (Lipinski definition) is 4. The Balaban J connectivity index is 1.41. The van der Waals surface area contributed by atoms with Crippen molar-refractivity contribution in [2.24, 2.45) is 5.92 Å². The van der Waals surface area contributed by atoms with Gasteiger partial charge in [0.1, 0.15) is 5.69 Å². The number of H-pyrrole nitrogens is 2. The summed E-state index contributed by atoms with van der Waals surface area (Å²) in [5.41, 5.74) is 2.55. The monoisotopic (exact) mass is 470 g/mol. The summed E-state index contributed by atoms with van der Waals surface area (Å²) in [5, 5.41) is 19.5. The highest BCUT2D eigenvalue weighted by molar-refractivity contribution is 6.09. The van der Waals surface area contributed by atoms with E-state index in [4.69, 9.17) is 0 Å². The minimum absolute atomic E-state index is 0.00151. The lowest BCUT2D eigenvalue weighted by atomic mass is 9.88. The molecular formula is C25H22N6O4. The molecule has 2 amide bonds. The van der Waals surface area contributed by atoms with Crippen LogP contribution in [0.15, 0.2) is 51.8 Å². The molecule has 5 rings (SSSR count). The SMILES string of the molecule is N#Cc1ccc(NC(=O)c2cc3cccc(NC(=O)C4CCCCC4)c3[nH]2)c(-c2noc(=O)[nH]2)c1. The molecule has 10 heteroatoms. The van der Waals surface area contributed by atoms with Gasteiger partial charge in [0.25, 0.3) is 5.91 Å². The lowest BCUT2D eigenvalue weighted by molar-refractivity contribution is -0.120. The first-order chi connectivity index (χ1) is 17.0. The van der Waals surface area contributed by atoms with Gasteiger partial charge in [-0.25, -0.2) is 4.79 Å². The van der Waals surface area contributed by atoms with E-state index in [9.17, 15) is 19.6 Å². The third-order valence-corrected chi connectivity index (χ3v) is 6.23. The number of carbonyl (C=O) groups excluding carboxylic acids is 2. The van der Waals surface area contributed by atoms with Crippen molar-refractivity contribution in [1.82, 2.24) is 15.1 Å². The predicted octanol–water partition coefficient (Wildman–Crippen LogP) is 4.15. The van der Waals surface area contributed by atoms with E-state index in [0.717, 1.165) is 31.1 Å². The van der Waals surface area contributed by atoms with Gasteiger partial charge in [-0.3, -0.25) is 19.1 Å². The van der Waals surface area contributed by atoms with Crippen LogP contribution in [0.2, 0.25) is 0 Å². The second-order valence-electron chi connectivity index (χ2n) is 8.55. The first kappa shape index (κ1) is 22.2. The van der Waals surface area contributed by atoms with Crippen molar-refractivity contribution >= 4 is 34.1 Å². The average Bonchev–Trinajstić information content (AvgIpc) is 3.52. The summed E-state index contributed by atoms with van der Waals surface area (Å²) < 4.78 is 4.57. The van der Waals surface area contributed by atoms with Gasteiger partial charge in [0.05, 0.1) is 28.5 Å². The Labute approximate surface area is 199 Å². The number of aromatic amines is 2. The van der Waals surface area contributed by atoms with Crippen molar-refractivity contribution in [3.8, 4) is 17.5 Å². The smallest absolute Gasteiger partial charge is 0.349 e. The van der Waals surface area contributed by atoms with Crippen LogP contribution < -0.4 is 16.4 Å². The van der Waals surface area contributed by atoms with Crippen LogP contribution in [0, 0.1) is 17.2 Å². The molecule has 0 unspecified atom stereocenters.